The molecule has 1 atom stereocenters. The fourth-order valence-corrected chi connectivity index (χ4v) is 3.47. The van der Waals surface area contributed by atoms with Crippen molar-refractivity contribution in [3.8, 4) is 0 Å². The molecule has 1 aliphatic heterocycles. The molecule has 0 radical (unpaired) electrons. The molecular formula is C17H28BrN3. The predicted octanol–water partition coefficient (Wildman–Crippen LogP) is 3.03. The van der Waals surface area contributed by atoms with Crippen LogP contribution in [0.15, 0.2) is 22.7 Å². The second-order valence-corrected chi connectivity index (χ2v) is 7.30. The molecular weight excluding hydrogens is 326 g/mol. The van der Waals surface area contributed by atoms with E-state index >= 15 is 0 Å². The highest BCUT2D eigenvalue weighted by molar-refractivity contribution is 9.10. The average molecular weight is 354 g/mol. The number of hydrogen-bond donors (Lipinski definition) is 1. The van der Waals surface area contributed by atoms with Crippen LogP contribution in [0.4, 0.5) is 0 Å². The summed E-state index contributed by atoms with van der Waals surface area (Å²) < 4.78 is 1.17. The average Bonchev–Trinajstić information content (AvgIpc) is 2.46. The van der Waals surface area contributed by atoms with Gasteiger partial charge in [0.05, 0.1) is 0 Å². The van der Waals surface area contributed by atoms with Crippen molar-refractivity contribution in [2.75, 3.05) is 40.3 Å². The summed E-state index contributed by atoms with van der Waals surface area (Å²) in [5, 5.41) is 0. The number of piperidine rings is 1. The number of rotatable bonds is 5. The first-order valence-electron chi connectivity index (χ1n) is 7.86. The van der Waals surface area contributed by atoms with Crippen molar-refractivity contribution in [2.24, 2.45) is 11.7 Å². The van der Waals surface area contributed by atoms with Crippen molar-refractivity contribution in [3.05, 3.63) is 33.8 Å². The van der Waals surface area contributed by atoms with Gasteiger partial charge >= 0.3 is 0 Å². The van der Waals surface area contributed by atoms with Crippen molar-refractivity contribution < 1.29 is 0 Å². The Morgan fingerprint density at radius 1 is 1.38 bits per heavy atom. The summed E-state index contributed by atoms with van der Waals surface area (Å²) in [6.45, 7) is 6.40. The molecule has 2 N–H and O–H groups in total. The smallest absolute Gasteiger partial charge is 0.0467 e. The third-order valence-electron chi connectivity index (χ3n) is 4.71. The number of likely N-dealkylation sites (tertiary alicyclic amines) is 1. The van der Waals surface area contributed by atoms with Gasteiger partial charge in [0.15, 0.2) is 0 Å². The van der Waals surface area contributed by atoms with Gasteiger partial charge in [-0.05, 0) is 70.1 Å². The first kappa shape index (κ1) is 16.9. The van der Waals surface area contributed by atoms with Gasteiger partial charge < -0.3 is 10.6 Å². The third kappa shape index (κ3) is 4.52. The van der Waals surface area contributed by atoms with Gasteiger partial charge in [0.1, 0.15) is 0 Å². The quantitative estimate of drug-likeness (QED) is 0.882. The number of nitrogens with zero attached hydrogens (tertiary/aromatic N) is 2. The molecule has 4 heteroatoms. The molecule has 1 heterocycles. The van der Waals surface area contributed by atoms with E-state index in [1.54, 1.807) is 0 Å². The minimum absolute atomic E-state index is 0.316. The maximum absolute atomic E-state index is 6.06. The Hall–Kier alpha value is -0.420. The molecule has 0 amide bonds. The number of halogens is 1. The summed E-state index contributed by atoms with van der Waals surface area (Å²) in [6.07, 6.45) is 2.61. The van der Waals surface area contributed by atoms with Crippen LogP contribution in [0.1, 0.15) is 30.0 Å². The van der Waals surface area contributed by atoms with E-state index < -0.39 is 0 Å². The van der Waals surface area contributed by atoms with E-state index in [9.17, 15) is 0 Å². The molecule has 1 fully saturated rings. The number of nitrogens with two attached hydrogens (primary N) is 1. The van der Waals surface area contributed by atoms with E-state index in [2.05, 4.69) is 64.9 Å². The van der Waals surface area contributed by atoms with Crippen LogP contribution in [0.2, 0.25) is 0 Å². The topological polar surface area (TPSA) is 32.5 Å². The fraction of sp³-hybridized carbons (Fsp3) is 0.647. The molecule has 2 rings (SSSR count). The summed E-state index contributed by atoms with van der Waals surface area (Å²) in [5.74, 6) is 0.803. The first-order chi connectivity index (χ1) is 10.0. The SMILES string of the molecule is Cc1cc(C(CN)N(C)CC2CCN(C)CC2)ccc1Br. The molecule has 118 valence electrons. The van der Waals surface area contributed by atoms with Gasteiger partial charge in [-0.25, -0.2) is 0 Å². The summed E-state index contributed by atoms with van der Waals surface area (Å²) in [6, 6.07) is 6.90. The summed E-state index contributed by atoms with van der Waals surface area (Å²) >= 11 is 3.57. The zero-order valence-electron chi connectivity index (χ0n) is 13.5. The summed E-state index contributed by atoms with van der Waals surface area (Å²) in [7, 11) is 4.43. The molecule has 1 aromatic carbocycles. The van der Waals surface area contributed by atoms with Gasteiger partial charge in [-0.1, -0.05) is 28.1 Å². The van der Waals surface area contributed by atoms with E-state index in [4.69, 9.17) is 5.73 Å². The second kappa shape index (κ2) is 7.73. The molecule has 21 heavy (non-hydrogen) atoms. The zero-order valence-corrected chi connectivity index (χ0v) is 15.1. The van der Waals surface area contributed by atoms with Gasteiger partial charge in [0, 0.05) is 23.6 Å². The molecule has 0 aliphatic carbocycles. The van der Waals surface area contributed by atoms with Crippen molar-refractivity contribution in [2.45, 2.75) is 25.8 Å². The summed E-state index contributed by atoms with van der Waals surface area (Å²) in [4.78, 5) is 4.87. The lowest BCUT2D eigenvalue weighted by atomic mass is 9.95. The highest BCUT2D eigenvalue weighted by Crippen LogP contribution is 2.26. The highest BCUT2D eigenvalue weighted by Gasteiger charge is 2.22. The predicted molar refractivity (Wildman–Crippen MR) is 93.5 cm³/mol. The minimum atomic E-state index is 0.316. The van der Waals surface area contributed by atoms with Crippen LogP contribution in [-0.2, 0) is 0 Å². The van der Waals surface area contributed by atoms with Crippen molar-refractivity contribution >= 4 is 15.9 Å². The first-order valence-corrected chi connectivity index (χ1v) is 8.65. The van der Waals surface area contributed by atoms with Gasteiger partial charge in [-0.15, -0.1) is 0 Å². The maximum atomic E-state index is 6.06. The van der Waals surface area contributed by atoms with E-state index in [1.807, 2.05) is 0 Å². The molecule has 0 spiro atoms. The van der Waals surface area contributed by atoms with Crippen molar-refractivity contribution in [3.63, 3.8) is 0 Å². The Morgan fingerprint density at radius 2 is 2.05 bits per heavy atom. The van der Waals surface area contributed by atoms with Gasteiger partial charge in [0.25, 0.3) is 0 Å². The van der Waals surface area contributed by atoms with Crippen molar-refractivity contribution in [1.29, 1.82) is 0 Å². The number of likely N-dealkylation sites (N-methyl/N-ethyl adjacent to an activating group) is 1. The zero-order chi connectivity index (χ0) is 15.4. The van der Waals surface area contributed by atoms with Crippen LogP contribution in [0, 0.1) is 12.8 Å². The number of benzene rings is 1. The number of hydrogen-bond acceptors (Lipinski definition) is 3. The fourth-order valence-electron chi connectivity index (χ4n) is 3.22. The molecule has 3 nitrogen and oxygen atoms in total. The van der Waals surface area contributed by atoms with Crippen LogP contribution in [0.3, 0.4) is 0 Å². The standard InChI is InChI=1S/C17H28BrN3/c1-13-10-15(4-5-16(13)18)17(11-19)21(3)12-14-6-8-20(2)9-7-14/h4-5,10,14,17H,6-9,11-12,19H2,1-3H3. The van der Waals surface area contributed by atoms with Crippen molar-refractivity contribution in [1.82, 2.24) is 9.80 Å². The largest absolute Gasteiger partial charge is 0.329 e. The minimum Gasteiger partial charge on any atom is -0.329 e. The van der Waals surface area contributed by atoms with Crippen LogP contribution in [0.25, 0.3) is 0 Å². The number of aryl methyl sites for hydroxylation is 1. The Kier molecular flexibility index (Phi) is 6.23. The highest BCUT2D eigenvalue weighted by atomic mass is 79.9. The Morgan fingerprint density at radius 3 is 2.62 bits per heavy atom. The lowest BCUT2D eigenvalue weighted by Gasteiger charge is -2.35. The summed E-state index contributed by atoms with van der Waals surface area (Å²) in [5.41, 5.74) is 8.66. The maximum Gasteiger partial charge on any atom is 0.0467 e. The van der Waals surface area contributed by atoms with Crippen LogP contribution in [0.5, 0.6) is 0 Å². The van der Waals surface area contributed by atoms with Gasteiger partial charge in [0.2, 0.25) is 0 Å². The van der Waals surface area contributed by atoms with Crippen LogP contribution < -0.4 is 5.73 Å². The molecule has 1 aliphatic rings. The van der Waals surface area contributed by atoms with E-state index in [-0.39, 0.29) is 0 Å². The van der Waals surface area contributed by atoms with Gasteiger partial charge in [-0.2, -0.15) is 0 Å². The Labute approximate surface area is 137 Å². The normalized spacial score (nSPS) is 19.1. The molecule has 0 aromatic heterocycles. The molecule has 1 saturated heterocycles. The second-order valence-electron chi connectivity index (χ2n) is 6.45. The van der Waals surface area contributed by atoms with E-state index in [0.717, 1.165) is 12.5 Å². The monoisotopic (exact) mass is 353 g/mol. The Bertz CT molecular complexity index is 455. The lowest BCUT2D eigenvalue weighted by molar-refractivity contribution is 0.151. The lowest BCUT2D eigenvalue weighted by Crippen LogP contribution is -2.38. The molecule has 1 aromatic rings. The third-order valence-corrected chi connectivity index (χ3v) is 5.60. The van der Waals surface area contributed by atoms with Gasteiger partial charge in [-0.3, -0.25) is 4.90 Å². The van der Waals surface area contributed by atoms with E-state index in [1.165, 1.54) is 41.5 Å². The van der Waals surface area contributed by atoms with E-state index in [0.29, 0.717) is 12.6 Å². The van der Waals surface area contributed by atoms with Crippen LogP contribution in [-0.4, -0.2) is 50.1 Å². The molecule has 1 unspecified atom stereocenters. The molecule has 0 bridgehead atoms. The van der Waals surface area contributed by atoms with Crippen LogP contribution >= 0.6 is 15.9 Å². The Balaban J connectivity index is 2.00. The molecule has 0 saturated carbocycles.